The summed E-state index contributed by atoms with van der Waals surface area (Å²) in [7, 11) is 0. The number of aromatic nitrogens is 3. The van der Waals surface area contributed by atoms with Crippen LogP contribution in [0, 0.1) is 6.92 Å². The minimum absolute atomic E-state index is 0.259. The summed E-state index contributed by atoms with van der Waals surface area (Å²) in [6.07, 6.45) is 6.07. The lowest BCUT2D eigenvalue weighted by Crippen LogP contribution is -2.30. The van der Waals surface area contributed by atoms with Crippen LogP contribution in [-0.2, 0) is 0 Å². The number of nitrogens with one attached hydrogen (secondary N) is 3. The summed E-state index contributed by atoms with van der Waals surface area (Å²) in [4.78, 5) is 24.7. The van der Waals surface area contributed by atoms with Crippen molar-refractivity contribution in [2.75, 3.05) is 23.7 Å². The molecule has 3 aromatic heterocycles. The Morgan fingerprint density at radius 1 is 1.19 bits per heavy atom. The van der Waals surface area contributed by atoms with Crippen LogP contribution >= 0.6 is 11.3 Å². The largest absolute Gasteiger partial charge is 0.370 e. The average molecular weight is 368 g/mol. The highest BCUT2D eigenvalue weighted by Crippen LogP contribution is 2.23. The van der Waals surface area contributed by atoms with Gasteiger partial charge in [0, 0.05) is 42.6 Å². The molecule has 3 heterocycles. The molecule has 3 aromatic rings. The van der Waals surface area contributed by atoms with Gasteiger partial charge >= 0.3 is 6.03 Å². The van der Waals surface area contributed by atoms with Gasteiger partial charge in [0.2, 0.25) is 0 Å². The lowest BCUT2D eigenvalue weighted by atomic mass is 10.2. The van der Waals surface area contributed by atoms with Gasteiger partial charge in [0.25, 0.3) is 0 Å². The van der Waals surface area contributed by atoms with Gasteiger partial charge in [-0.25, -0.2) is 14.8 Å². The Hall–Kier alpha value is -3.00. The summed E-state index contributed by atoms with van der Waals surface area (Å²) in [5, 5.41) is 11.2. The van der Waals surface area contributed by atoms with Gasteiger partial charge in [-0.3, -0.25) is 10.3 Å². The summed E-state index contributed by atoms with van der Waals surface area (Å²) < 4.78 is 0. The third kappa shape index (κ3) is 5.25. The number of amides is 2. The normalized spacial score (nSPS) is 10.3. The van der Waals surface area contributed by atoms with Crippen molar-refractivity contribution in [1.29, 1.82) is 0 Å². The molecule has 0 aliphatic carbocycles. The van der Waals surface area contributed by atoms with Crippen molar-refractivity contribution in [3.63, 3.8) is 0 Å². The van der Waals surface area contributed by atoms with Crippen molar-refractivity contribution >= 4 is 28.3 Å². The third-order valence-corrected chi connectivity index (χ3v) is 4.30. The highest BCUT2D eigenvalue weighted by molar-refractivity contribution is 7.14. The fourth-order valence-electron chi connectivity index (χ4n) is 2.20. The molecule has 0 aromatic carbocycles. The molecule has 0 saturated carbocycles. The molecule has 0 fully saturated rings. The fraction of sp³-hybridized carbons (Fsp3) is 0.222. The van der Waals surface area contributed by atoms with Crippen LogP contribution in [0.4, 0.5) is 15.7 Å². The first-order valence-electron chi connectivity index (χ1n) is 8.28. The Morgan fingerprint density at radius 2 is 2.12 bits per heavy atom. The Bertz CT molecular complexity index is 834. The van der Waals surface area contributed by atoms with E-state index >= 15 is 0 Å². The number of rotatable bonds is 7. The number of carbonyl (C=O) groups excluding carboxylic acids is 1. The van der Waals surface area contributed by atoms with Gasteiger partial charge in [-0.05, 0) is 37.1 Å². The number of aryl methyl sites for hydroxylation is 1. The molecule has 8 heteroatoms. The van der Waals surface area contributed by atoms with E-state index in [2.05, 4.69) is 30.9 Å². The lowest BCUT2D eigenvalue weighted by Gasteiger charge is -2.07. The van der Waals surface area contributed by atoms with Crippen molar-refractivity contribution in [2.24, 2.45) is 0 Å². The van der Waals surface area contributed by atoms with Crippen LogP contribution < -0.4 is 16.0 Å². The summed E-state index contributed by atoms with van der Waals surface area (Å²) in [5.74, 6) is 0.839. The number of pyridine rings is 2. The van der Waals surface area contributed by atoms with Crippen LogP contribution in [0.15, 0.2) is 48.2 Å². The average Bonchev–Trinajstić information content (AvgIpc) is 3.12. The van der Waals surface area contributed by atoms with Crippen LogP contribution in [0.5, 0.6) is 0 Å². The van der Waals surface area contributed by atoms with Crippen molar-refractivity contribution in [3.8, 4) is 11.3 Å². The zero-order chi connectivity index (χ0) is 18.2. The highest BCUT2D eigenvalue weighted by atomic mass is 32.1. The molecule has 26 heavy (non-hydrogen) atoms. The quantitative estimate of drug-likeness (QED) is 0.555. The molecule has 0 spiro atoms. The van der Waals surface area contributed by atoms with E-state index in [0.29, 0.717) is 11.7 Å². The van der Waals surface area contributed by atoms with E-state index in [1.165, 1.54) is 11.3 Å². The minimum atomic E-state index is -0.259. The van der Waals surface area contributed by atoms with Gasteiger partial charge in [0.15, 0.2) is 5.13 Å². The van der Waals surface area contributed by atoms with E-state index < -0.39 is 0 Å². The van der Waals surface area contributed by atoms with Crippen molar-refractivity contribution in [3.05, 3.63) is 53.8 Å². The van der Waals surface area contributed by atoms with Gasteiger partial charge < -0.3 is 10.6 Å². The highest BCUT2D eigenvalue weighted by Gasteiger charge is 2.07. The van der Waals surface area contributed by atoms with Gasteiger partial charge in [-0.15, -0.1) is 11.3 Å². The van der Waals surface area contributed by atoms with Crippen molar-refractivity contribution in [1.82, 2.24) is 20.3 Å². The van der Waals surface area contributed by atoms with Crippen LogP contribution in [0.25, 0.3) is 11.3 Å². The monoisotopic (exact) mass is 368 g/mol. The van der Waals surface area contributed by atoms with Crippen LogP contribution in [0.2, 0.25) is 0 Å². The van der Waals surface area contributed by atoms with E-state index in [1.54, 1.807) is 12.4 Å². The molecule has 0 aliphatic rings. The predicted molar refractivity (Wildman–Crippen MR) is 104 cm³/mol. The Morgan fingerprint density at radius 3 is 2.88 bits per heavy atom. The molecular formula is C18H20N6OS. The van der Waals surface area contributed by atoms with E-state index in [0.717, 1.165) is 35.6 Å². The second kappa shape index (κ2) is 8.91. The van der Waals surface area contributed by atoms with Crippen LogP contribution in [0.1, 0.15) is 12.0 Å². The van der Waals surface area contributed by atoms with Gasteiger partial charge in [-0.2, -0.15) is 0 Å². The number of thiazole rings is 1. The van der Waals surface area contributed by atoms with Crippen molar-refractivity contribution < 1.29 is 4.79 Å². The van der Waals surface area contributed by atoms with E-state index in [4.69, 9.17) is 0 Å². The third-order valence-electron chi connectivity index (χ3n) is 3.54. The molecule has 2 amide bonds. The number of hydrogen-bond acceptors (Lipinski definition) is 6. The number of urea groups is 1. The number of hydrogen-bond donors (Lipinski definition) is 3. The van der Waals surface area contributed by atoms with Gasteiger partial charge in [0.1, 0.15) is 5.82 Å². The molecule has 0 aliphatic heterocycles. The van der Waals surface area contributed by atoms with E-state index in [1.807, 2.05) is 42.8 Å². The smallest absolute Gasteiger partial charge is 0.321 e. The molecule has 0 atom stereocenters. The molecular weight excluding hydrogens is 348 g/mol. The molecule has 0 bridgehead atoms. The Kier molecular flexibility index (Phi) is 6.10. The van der Waals surface area contributed by atoms with Gasteiger partial charge in [-0.1, -0.05) is 6.07 Å². The Balaban J connectivity index is 1.37. The number of nitrogens with zero attached hydrogens (tertiary/aromatic N) is 3. The molecule has 3 rings (SSSR count). The standard InChI is InChI=1S/C18H20N6OS/c1-13-5-6-16(22-10-13)20-8-3-9-21-17(25)24-18-23-15(12-26-18)14-4-2-7-19-11-14/h2,4-7,10-12H,3,8-9H2,1H3,(H,20,22)(H2,21,23,24,25). The molecule has 134 valence electrons. The first-order valence-corrected chi connectivity index (χ1v) is 9.16. The van der Waals surface area contributed by atoms with Crippen LogP contribution in [-0.4, -0.2) is 34.1 Å². The van der Waals surface area contributed by atoms with Crippen molar-refractivity contribution in [2.45, 2.75) is 13.3 Å². The maximum Gasteiger partial charge on any atom is 0.321 e. The topological polar surface area (TPSA) is 91.8 Å². The SMILES string of the molecule is Cc1ccc(NCCCNC(=O)Nc2nc(-c3cccnc3)cs2)nc1. The van der Waals surface area contributed by atoms with E-state index in [-0.39, 0.29) is 6.03 Å². The molecule has 0 radical (unpaired) electrons. The second-order valence-electron chi connectivity index (χ2n) is 5.66. The minimum Gasteiger partial charge on any atom is -0.370 e. The molecule has 0 saturated heterocycles. The molecule has 3 N–H and O–H groups in total. The zero-order valence-corrected chi connectivity index (χ0v) is 15.2. The van der Waals surface area contributed by atoms with Crippen LogP contribution in [0.3, 0.4) is 0 Å². The first kappa shape index (κ1) is 17.8. The molecule has 7 nitrogen and oxygen atoms in total. The maximum absolute atomic E-state index is 11.9. The summed E-state index contributed by atoms with van der Waals surface area (Å²) >= 11 is 1.38. The predicted octanol–water partition coefficient (Wildman–Crippen LogP) is 3.53. The molecule has 0 unspecified atom stereocenters. The van der Waals surface area contributed by atoms with Gasteiger partial charge in [0.05, 0.1) is 5.69 Å². The summed E-state index contributed by atoms with van der Waals surface area (Å²) in [5.41, 5.74) is 2.85. The fourth-order valence-corrected chi connectivity index (χ4v) is 2.91. The number of anilines is 2. The second-order valence-corrected chi connectivity index (χ2v) is 6.52. The zero-order valence-electron chi connectivity index (χ0n) is 14.4. The summed E-state index contributed by atoms with van der Waals surface area (Å²) in [6, 6.07) is 7.48. The Labute approximate surface area is 155 Å². The number of carbonyl (C=O) groups is 1. The lowest BCUT2D eigenvalue weighted by molar-refractivity contribution is 0.252. The maximum atomic E-state index is 11.9. The first-order chi connectivity index (χ1) is 12.7. The summed E-state index contributed by atoms with van der Waals surface area (Å²) in [6.45, 7) is 3.30. The van der Waals surface area contributed by atoms with E-state index in [9.17, 15) is 4.79 Å².